The van der Waals surface area contributed by atoms with E-state index in [-0.39, 0.29) is 6.04 Å². The molecule has 1 aromatic rings. The Kier molecular flexibility index (Phi) is 3.35. The van der Waals surface area contributed by atoms with Gasteiger partial charge in [-0.15, -0.1) is 0 Å². The molecular weight excluding hydrogens is 228 g/mol. The number of ether oxygens (including phenoxy) is 1. The van der Waals surface area contributed by atoms with Gasteiger partial charge in [-0.1, -0.05) is 6.92 Å². The van der Waals surface area contributed by atoms with E-state index in [1.807, 2.05) is 4.68 Å². The fourth-order valence-corrected chi connectivity index (χ4v) is 3.33. The highest BCUT2D eigenvalue weighted by Gasteiger charge is 2.43. The van der Waals surface area contributed by atoms with Gasteiger partial charge in [0.2, 0.25) is 0 Å². The summed E-state index contributed by atoms with van der Waals surface area (Å²) in [6, 6.07) is 0.153. The number of hydrogen-bond donors (Lipinski definition) is 1. The maximum absolute atomic E-state index is 6.36. The monoisotopic (exact) mass is 250 g/mol. The summed E-state index contributed by atoms with van der Waals surface area (Å²) in [6.07, 6.45) is 7.93. The lowest BCUT2D eigenvalue weighted by atomic mass is 9.83. The first kappa shape index (κ1) is 12.1. The van der Waals surface area contributed by atoms with E-state index in [1.54, 1.807) is 6.33 Å². The Bertz CT molecular complexity index is 405. The van der Waals surface area contributed by atoms with Crippen molar-refractivity contribution in [3.63, 3.8) is 0 Å². The van der Waals surface area contributed by atoms with Crippen LogP contribution in [0.1, 0.15) is 38.4 Å². The van der Waals surface area contributed by atoms with Crippen molar-refractivity contribution in [3.05, 3.63) is 12.2 Å². The van der Waals surface area contributed by atoms with Crippen LogP contribution in [0.15, 0.2) is 6.33 Å². The highest BCUT2D eigenvalue weighted by atomic mass is 16.5. The summed E-state index contributed by atoms with van der Waals surface area (Å²) >= 11 is 0. The molecule has 0 spiro atoms. The van der Waals surface area contributed by atoms with Crippen molar-refractivity contribution >= 4 is 0 Å². The molecule has 2 aliphatic heterocycles. The Morgan fingerprint density at radius 3 is 3.11 bits per heavy atom. The number of aromatic nitrogens is 3. The number of fused-ring (bicyclic) bond motifs is 2. The van der Waals surface area contributed by atoms with Gasteiger partial charge >= 0.3 is 0 Å². The lowest BCUT2D eigenvalue weighted by Gasteiger charge is -2.24. The normalized spacial score (nSPS) is 32.0. The number of hydrogen-bond acceptors (Lipinski definition) is 4. The second kappa shape index (κ2) is 4.97. The molecule has 2 N–H and O–H groups in total. The Morgan fingerprint density at radius 2 is 2.44 bits per heavy atom. The van der Waals surface area contributed by atoms with Crippen molar-refractivity contribution in [3.8, 4) is 0 Å². The zero-order chi connectivity index (χ0) is 12.5. The van der Waals surface area contributed by atoms with E-state index in [2.05, 4.69) is 17.0 Å². The van der Waals surface area contributed by atoms with Gasteiger partial charge in [0.1, 0.15) is 12.2 Å². The summed E-state index contributed by atoms with van der Waals surface area (Å²) in [5.74, 6) is 1.53. The van der Waals surface area contributed by atoms with Crippen molar-refractivity contribution in [1.82, 2.24) is 14.8 Å². The average Bonchev–Trinajstić information content (AvgIpc) is 3.06. The van der Waals surface area contributed by atoms with E-state index in [1.165, 1.54) is 12.8 Å². The van der Waals surface area contributed by atoms with Crippen LogP contribution in [-0.2, 0) is 17.7 Å². The summed E-state index contributed by atoms with van der Waals surface area (Å²) in [4.78, 5) is 4.34. The van der Waals surface area contributed by atoms with E-state index in [0.717, 1.165) is 31.6 Å². The van der Waals surface area contributed by atoms with Gasteiger partial charge in [-0.25, -0.2) is 4.98 Å². The molecule has 0 radical (unpaired) electrons. The van der Waals surface area contributed by atoms with E-state index < -0.39 is 0 Å². The van der Waals surface area contributed by atoms with Gasteiger partial charge < -0.3 is 10.5 Å². The van der Waals surface area contributed by atoms with Crippen LogP contribution in [0, 0.1) is 5.92 Å². The van der Waals surface area contributed by atoms with Gasteiger partial charge in [0.25, 0.3) is 0 Å². The van der Waals surface area contributed by atoms with Crippen molar-refractivity contribution in [1.29, 1.82) is 0 Å². The molecule has 2 aliphatic rings. The van der Waals surface area contributed by atoms with Crippen LogP contribution < -0.4 is 5.73 Å². The smallest absolute Gasteiger partial charge is 0.138 e. The van der Waals surface area contributed by atoms with Crippen LogP contribution in [0.3, 0.4) is 0 Å². The molecule has 2 fully saturated rings. The summed E-state index contributed by atoms with van der Waals surface area (Å²) in [5, 5.41) is 4.25. The molecule has 18 heavy (non-hydrogen) atoms. The third-order valence-corrected chi connectivity index (χ3v) is 4.25. The van der Waals surface area contributed by atoms with Crippen molar-refractivity contribution < 1.29 is 4.74 Å². The van der Waals surface area contributed by atoms with Crippen LogP contribution in [0.5, 0.6) is 0 Å². The van der Waals surface area contributed by atoms with Gasteiger partial charge in [-0.05, 0) is 25.7 Å². The van der Waals surface area contributed by atoms with Gasteiger partial charge in [0.05, 0.1) is 12.2 Å². The van der Waals surface area contributed by atoms with E-state index in [0.29, 0.717) is 18.1 Å². The van der Waals surface area contributed by atoms with Gasteiger partial charge in [0.15, 0.2) is 0 Å². The fraction of sp³-hybridized carbons (Fsp3) is 0.846. The lowest BCUT2D eigenvalue weighted by molar-refractivity contribution is 0.0883. The lowest BCUT2D eigenvalue weighted by Crippen LogP contribution is -2.38. The predicted octanol–water partition coefficient (Wildman–Crippen LogP) is 1.13. The SMILES string of the molecule is CCCn1ncnc1CC(N)C1CC2CCC1O2. The number of rotatable bonds is 5. The third-order valence-electron chi connectivity index (χ3n) is 4.25. The molecule has 0 amide bonds. The maximum Gasteiger partial charge on any atom is 0.138 e. The zero-order valence-electron chi connectivity index (χ0n) is 11.0. The highest BCUT2D eigenvalue weighted by Crippen LogP contribution is 2.40. The molecule has 4 atom stereocenters. The Labute approximate surface area is 108 Å². The Morgan fingerprint density at radius 1 is 1.56 bits per heavy atom. The summed E-state index contributed by atoms with van der Waals surface area (Å²) in [6.45, 7) is 3.07. The first-order valence-electron chi connectivity index (χ1n) is 7.05. The molecular formula is C13H22N4O. The second-order valence-electron chi connectivity index (χ2n) is 5.54. The van der Waals surface area contributed by atoms with Gasteiger partial charge in [0, 0.05) is 24.9 Å². The second-order valence-corrected chi connectivity index (χ2v) is 5.54. The molecule has 2 saturated heterocycles. The van der Waals surface area contributed by atoms with Crippen LogP contribution in [0.25, 0.3) is 0 Å². The Hall–Kier alpha value is -0.940. The standard InChI is InChI=1S/C13H22N4O/c1-2-5-17-13(15-8-16-17)7-11(14)10-6-9-3-4-12(10)18-9/h8-12H,2-7,14H2,1H3. The summed E-state index contributed by atoms with van der Waals surface area (Å²) in [5.41, 5.74) is 6.36. The number of aryl methyl sites for hydroxylation is 1. The molecule has 1 aromatic heterocycles. The van der Waals surface area contributed by atoms with Crippen molar-refractivity contribution in [2.45, 2.75) is 63.8 Å². The molecule has 5 heteroatoms. The molecule has 0 aliphatic carbocycles. The van der Waals surface area contributed by atoms with E-state index in [4.69, 9.17) is 10.5 Å². The quantitative estimate of drug-likeness (QED) is 0.850. The number of nitrogens with zero attached hydrogens (tertiary/aromatic N) is 3. The first-order valence-corrected chi connectivity index (χ1v) is 7.05. The van der Waals surface area contributed by atoms with Crippen LogP contribution in [0.4, 0.5) is 0 Å². The predicted molar refractivity (Wildman–Crippen MR) is 68.0 cm³/mol. The van der Waals surface area contributed by atoms with E-state index >= 15 is 0 Å². The van der Waals surface area contributed by atoms with Crippen molar-refractivity contribution in [2.75, 3.05) is 0 Å². The molecule has 3 heterocycles. The van der Waals surface area contributed by atoms with Crippen molar-refractivity contribution in [2.24, 2.45) is 11.7 Å². The highest BCUT2D eigenvalue weighted by molar-refractivity contribution is 4.98. The van der Waals surface area contributed by atoms with Gasteiger partial charge in [-0.2, -0.15) is 5.10 Å². The van der Waals surface area contributed by atoms with Gasteiger partial charge in [-0.3, -0.25) is 4.68 Å². The number of nitrogens with two attached hydrogens (primary N) is 1. The van der Waals surface area contributed by atoms with E-state index in [9.17, 15) is 0 Å². The Balaban J connectivity index is 1.63. The molecule has 4 unspecified atom stereocenters. The molecule has 3 rings (SSSR count). The summed E-state index contributed by atoms with van der Waals surface area (Å²) < 4.78 is 7.86. The molecule has 0 aromatic carbocycles. The van der Waals surface area contributed by atoms with Crippen LogP contribution >= 0.6 is 0 Å². The molecule has 0 saturated carbocycles. The minimum atomic E-state index is 0.153. The topological polar surface area (TPSA) is 66.0 Å². The summed E-state index contributed by atoms with van der Waals surface area (Å²) in [7, 11) is 0. The first-order chi connectivity index (χ1) is 8.78. The fourth-order valence-electron chi connectivity index (χ4n) is 3.33. The average molecular weight is 250 g/mol. The van der Waals surface area contributed by atoms with Crippen LogP contribution in [-0.4, -0.2) is 33.0 Å². The minimum Gasteiger partial charge on any atom is -0.375 e. The van der Waals surface area contributed by atoms with Crippen LogP contribution in [0.2, 0.25) is 0 Å². The third kappa shape index (κ3) is 2.17. The largest absolute Gasteiger partial charge is 0.375 e. The molecule has 5 nitrogen and oxygen atoms in total. The molecule has 100 valence electrons. The zero-order valence-corrected chi connectivity index (χ0v) is 11.0. The molecule has 2 bridgehead atoms. The minimum absolute atomic E-state index is 0.153. The maximum atomic E-state index is 6.36.